The van der Waals surface area contributed by atoms with Crippen molar-refractivity contribution in [3.8, 4) is 17.0 Å². The van der Waals surface area contributed by atoms with Crippen LogP contribution in [0.4, 0.5) is 11.8 Å². The van der Waals surface area contributed by atoms with Crippen molar-refractivity contribution in [2.24, 2.45) is 0 Å². The zero-order valence-electron chi connectivity index (χ0n) is 20.9. The summed E-state index contributed by atoms with van der Waals surface area (Å²) in [4.78, 5) is 21.8. The second-order valence-corrected chi connectivity index (χ2v) is 10.1. The van der Waals surface area contributed by atoms with Crippen molar-refractivity contribution in [1.29, 1.82) is 0 Å². The molecule has 1 N–H and O–H groups in total. The lowest BCUT2D eigenvalue weighted by Gasteiger charge is -2.33. The molecule has 4 heterocycles. The van der Waals surface area contributed by atoms with Gasteiger partial charge in [-0.15, -0.1) is 0 Å². The van der Waals surface area contributed by atoms with Gasteiger partial charge in [-0.05, 0) is 56.1 Å². The van der Waals surface area contributed by atoms with Gasteiger partial charge < -0.3 is 24.5 Å². The Bertz CT molecular complexity index is 1220. The highest BCUT2D eigenvalue weighted by Crippen LogP contribution is 2.40. The van der Waals surface area contributed by atoms with Crippen LogP contribution >= 0.6 is 0 Å². The normalized spacial score (nSPS) is 20.5. The molecule has 6 rings (SSSR count). The third-order valence-corrected chi connectivity index (χ3v) is 7.69. The molecule has 0 spiro atoms. The van der Waals surface area contributed by atoms with Crippen LogP contribution in [0.2, 0.25) is 0 Å². The predicted octanol–water partition coefficient (Wildman–Crippen LogP) is 3.11. The molecule has 0 radical (unpaired) electrons. The lowest BCUT2D eigenvalue weighted by atomic mass is 9.97. The first-order chi connectivity index (χ1) is 17.6. The van der Waals surface area contributed by atoms with E-state index < -0.39 is 0 Å². The average molecular weight is 487 g/mol. The molecule has 3 aromatic rings. The van der Waals surface area contributed by atoms with Crippen LogP contribution in [0.25, 0.3) is 11.3 Å². The molecule has 0 saturated carbocycles. The zero-order valence-corrected chi connectivity index (χ0v) is 20.9. The number of hydrogen-bond acceptors (Lipinski definition) is 8. The van der Waals surface area contributed by atoms with Gasteiger partial charge in [-0.2, -0.15) is 0 Å². The number of morpholine rings is 1. The fraction of sp³-hybridized carbons (Fsp3) is 0.464. The Hall–Kier alpha value is -3.23. The van der Waals surface area contributed by atoms with Gasteiger partial charge in [0.05, 0.1) is 24.6 Å². The number of nitrogens with zero attached hydrogens (tertiary/aromatic N) is 6. The summed E-state index contributed by atoms with van der Waals surface area (Å²) < 4.78 is 5.57. The number of likely N-dealkylation sites (N-methyl/N-ethyl adjacent to an activating group) is 1. The van der Waals surface area contributed by atoms with Crippen molar-refractivity contribution in [1.82, 2.24) is 19.9 Å². The minimum atomic E-state index is 0.260. The van der Waals surface area contributed by atoms with Crippen molar-refractivity contribution >= 4 is 11.8 Å². The largest absolute Gasteiger partial charge is 0.508 e. The summed E-state index contributed by atoms with van der Waals surface area (Å²) in [6.07, 6.45) is 4.89. The third kappa shape index (κ3) is 4.75. The molecule has 1 atom stereocenters. The van der Waals surface area contributed by atoms with Gasteiger partial charge in [0.2, 0.25) is 5.95 Å². The lowest BCUT2D eigenvalue weighted by Crippen LogP contribution is -2.44. The summed E-state index contributed by atoms with van der Waals surface area (Å²) in [6, 6.07) is 11.9. The topological polar surface area (TPSA) is 77.9 Å². The predicted molar refractivity (Wildman–Crippen MR) is 141 cm³/mol. The number of fused-ring (bicyclic) bond motifs is 1. The molecule has 8 heteroatoms. The molecule has 3 aliphatic rings. The first kappa shape index (κ1) is 23.2. The van der Waals surface area contributed by atoms with Crippen LogP contribution in [-0.4, -0.2) is 84.5 Å². The summed E-state index contributed by atoms with van der Waals surface area (Å²) in [5.41, 5.74) is 5.58. The van der Waals surface area contributed by atoms with Crippen LogP contribution < -0.4 is 9.80 Å². The highest BCUT2D eigenvalue weighted by atomic mass is 16.5. The van der Waals surface area contributed by atoms with Crippen molar-refractivity contribution in [2.75, 3.05) is 69.3 Å². The SMILES string of the molecule is CN1CCN(c2cc(CC3CCc4c(-c5cccc(O)c5)nc(N5CCOCC5)nc43)ccn2)CC1. The molecule has 2 fully saturated rings. The van der Waals surface area contributed by atoms with Gasteiger partial charge in [-0.1, -0.05) is 12.1 Å². The van der Waals surface area contributed by atoms with Gasteiger partial charge in [0.25, 0.3) is 0 Å². The molecule has 2 aliphatic heterocycles. The fourth-order valence-electron chi connectivity index (χ4n) is 5.60. The van der Waals surface area contributed by atoms with E-state index in [2.05, 4.69) is 38.9 Å². The van der Waals surface area contributed by atoms with E-state index in [0.29, 0.717) is 19.1 Å². The number of hydrogen-bond donors (Lipinski definition) is 1. The fourth-order valence-corrected chi connectivity index (χ4v) is 5.60. The highest BCUT2D eigenvalue weighted by molar-refractivity contribution is 5.68. The van der Waals surface area contributed by atoms with Gasteiger partial charge in [0.15, 0.2) is 0 Å². The smallest absolute Gasteiger partial charge is 0.226 e. The average Bonchev–Trinajstić information content (AvgIpc) is 3.32. The van der Waals surface area contributed by atoms with E-state index in [1.807, 2.05) is 24.4 Å². The van der Waals surface area contributed by atoms with Gasteiger partial charge in [0, 0.05) is 62.5 Å². The molecule has 1 unspecified atom stereocenters. The maximum atomic E-state index is 10.2. The van der Waals surface area contributed by atoms with E-state index >= 15 is 0 Å². The Kier molecular flexibility index (Phi) is 6.46. The Balaban J connectivity index is 1.32. The second-order valence-electron chi connectivity index (χ2n) is 10.1. The maximum absolute atomic E-state index is 10.2. The maximum Gasteiger partial charge on any atom is 0.226 e. The number of phenols is 1. The zero-order chi connectivity index (χ0) is 24.5. The van der Waals surface area contributed by atoms with Crippen molar-refractivity contribution < 1.29 is 9.84 Å². The molecule has 8 nitrogen and oxygen atoms in total. The number of phenolic OH excluding ortho intramolecular Hbond substituents is 1. The molecule has 36 heavy (non-hydrogen) atoms. The Morgan fingerprint density at radius 2 is 1.81 bits per heavy atom. The first-order valence-electron chi connectivity index (χ1n) is 13.1. The van der Waals surface area contributed by atoms with E-state index in [9.17, 15) is 5.11 Å². The van der Waals surface area contributed by atoms with Crippen LogP contribution in [0.3, 0.4) is 0 Å². The van der Waals surface area contributed by atoms with E-state index in [0.717, 1.165) is 87.2 Å². The Morgan fingerprint density at radius 1 is 0.972 bits per heavy atom. The van der Waals surface area contributed by atoms with Crippen LogP contribution in [0, 0.1) is 0 Å². The molecular formula is C28H34N6O2. The molecule has 0 amide bonds. The molecule has 1 aromatic carbocycles. The molecule has 2 aromatic heterocycles. The van der Waals surface area contributed by atoms with Crippen LogP contribution in [-0.2, 0) is 17.6 Å². The monoisotopic (exact) mass is 486 g/mol. The van der Waals surface area contributed by atoms with Gasteiger partial charge in [0.1, 0.15) is 11.6 Å². The van der Waals surface area contributed by atoms with Crippen LogP contribution in [0.1, 0.15) is 29.2 Å². The summed E-state index contributed by atoms with van der Waals surface area (Å²) in [5.74, 6) is 2.45. The van der Waals surface area contributed by atoms with E-state index in [1.54, 1.807) is 6.07 Å². The number of benzene rings is 1. The number of anilines is 2. The minimum Gasteiger partial charge on any atom is -0.508 e. The highest BCUT2D eigenvalue weighted by Gasteiger charge is 2.30. The summed E-state index contributed by atoms with van der Waals surface area (Å²) in [7, 11) is 2.18. The molecule has 188 valence electrons. The minimum absolute atomic E-state index is 0.260. The van der Waals surface area contributed by atoms with E-state index in [1.165, 1.54) is 11.1 Å². The van der Waals surface area contributed by atoms with E-state index in [4.69, 9.17) is 14.7 Å². The summed E-state index contributed by atoms with van der Waals surface area (Å²) in [5, 5.41) is 10.2. The number of piperazine rings is 1. The number of rotatable bonds is 5. The molecule has 0 bridgehead atoms. The Morgan fingerprint density at radius 3 is 2.61 bits per heavy atom. The van der Waals surface area contributed by atoms with Crippen LogP contribution in [0.5, 0.6) is 5.75 Å². The Labute approximate surface area is 212 Å². The standard InChI is InChI=1S/C28H34N6O2/c1-32-9-11-33(12-10-32)25-18-20(7-8-29-25)17-22-5-6-24-26(21-3-2-4-23(35)19-21)30-28(31-27(22)24)34-13-15-36-16-14-34/h2-4,7-8,18-19,22,35H,5-6,9-17H2,1H3. The van der Waals surface area contributed by atoms with Gasteiger partial charge in [-0.25, -0.2) is 15.0 Å². The lowest BCUT2D eigenvalue weighted by molar-refractivity contribution is 0.122. The number of aromatic nitrogens is 3. The summed E-state index contributed by atoms with van der Waals surface area (Å²) in [6.45, 7) is 7.14. The molecule has 1 aliphatic carbocycles. The first-order valence-corrected chi connectivity index (χ1v) is 13.1. The van der Waals surface area contributed by atoms with Crippen molar-refractivity contribution in [2.45, 2.75) is 25.2 Å². The van der Waals surface area contributed by atoms with Crippen LogP contribution in [0.15, 0.2) is 42.6 Å². The van der Waals surface area contributed by atoms with Crippen molar-refractivity contribution in [3.05, 3.63) is 59.4 Å². The third-order valence-electron chi connectivity index (χ3n) is 7.69. The van der Waals surface area contributed by atoms with E-state index in [-0.39, 0.29) is 5.75 Å². The quantitative estimate of drug-likeness (QED) is 0.590. The summed E-state index contributed by atoms with van der Waals surface area (Å²) >= 11 is 0. The molecular weight excluding hydrogens is 452 g/mol. The number of pyridine rings is 1. The second kappa shape index (κ2) is 10.0. The number of ether oxygens (including phenoxy) is 1. The molecule has 2 saturated heterocycles. The van der Waals surface area contributed by atoms with Gasteiger partial charge in [-0.3, -0.25) is 0 Å². The number of aromatic hydroxyl groups is 1. The van der Waals surface area contributed by atoms with Gasteiger partial charge >= 0.3 is 0 Å². The van der Waals surface area contributed by atoms with Crippen molar-refractivity contribution in [3.63, 3.8) is 0 Å².